The summed E-state index contributed by atoms with van der Waals surface area (Å²) in [5, 5.41) is 1.73. The van der Waals surface area contributed by atoms with Gasteiger partial charge in [-0.05, 0) is 6.07 Å². The second kappa shape index (κ2) is 4.49. The predicted octanol–water partition coefficient (Wildman–Crippen LogP) is 3.17. The number of H-pyrrole nitrogens is 1. The van der Waals surface area contributed by atoms with Crippen molar-refractivity contribution in [2.45, 2.75) is 13.0 Å². The number of rotatable bonds is 1. The number of aromatic nitrogens is 3. The lowest BCUT2D eigenvalue weighted by molar-refractivity contribution is 0.714. The number of nitrogens with zero attached hydrogens (tertiary/aromatic N) is 3. The van der Waals surface area contributed by atoms with Gasteiger partial charge in [0.1, 0.15) is 11.0 Å². The lowest BCUT2D eigenvalue weighted by Crippen LogP contribution is -2.30. The fourth-order valence-electron chi connectivity index (χ4n) is 2.85. The van der Waals surface area contributed by atoms with Crippen molar-refractivity contribution in [1.82, 2.24) is 15.0 Å². The number of hydrogen-bond donors (Lipinski definition) is 1. The maximum atomic E-state index is 5.93. The van der Waals surface area contributed by atoms with Crippen molar-refractivity contribution in [3.63, 3.8) is 0 Å². The third-order valence-corrected chi connectivity index (χ3v) is 3.98. The minimum Gasteiger partial charge on any atom is -0.358 e. The van der Waals surface area contributed by atoms with Gasteiger partial charge in [0.15, 0.2) is 0 Å². The average molecular weight is 285 g/mol. The third kappa shape index (κ3) is 1.84. The molecule has 3 heterocycles. The fourth-order valence-corrected chi connectivity index (χ4v) is 2.99. The number of halogens is 1. The molecule has 0 saturated carbocycles. The Labute approximate surface area is 121 Å². The maximum Gasteiger partial charge on any atom is 0.149 e. The summed E-state index contributed by atoms with van der Waals surface area (Å²) >= 11 is 5.93. The van der Waals surface area contributed by atoms with Crippen molar-refractivity contribution in [2.24, 2.45) is 0 Å². The zero-order valence-corrected chi connectivity index (χ0v) is 11.6. The zero-order chi connectivity index (χ0) is 13.5. The lowest BCUT2D eigenvalue weighted by Gasteiger charge is -2.27. The van der Waals surface area contributed by atoms with Gasteiger partial charge >= 0.3 is 0 Å². The molecule has 0 amide bonds. The van der Waals surface area contributed by atoms with E-state index < -0.39 is 0 Å². The number of anilines is 1. The van der Waals surface area contributed by atoms with Gasteiger partial charge in [-0.15, -0.1) is 0 Å². The van der Waals surface area contributed by atoms with Crippen LogP contribution in [0.3, 0.4) is 0 Å². The van der Waals surface area contributed by atoms with Gasteiger partial charge in [0.05, 0.1) is 12.4 Å². The molecule has 0 spiro atoms. The van der Waals surface area contributed by atoms with Gasteiger partial charge in [0.2, 0.25) is 0 Å². The Morgan fingerprint density at radius 3 is 3.00 bits per heavy atom. The molecule has 3 aromatic rings. The van der Waals surface area contributed by atoms with Crippen molar-refractivity contribution < 1.29 is 0 Å². The number of hydrogen-bond acceptors (Lipinski definition) is 3. The highest BCUT2D eigenvalue weighted by Crippen LogP contribution is 2.29. The van der Waals surface area contributed by atoms with Gasteiger partial charge in [-0.2, -0.15) is 0 Å². The Hall–Kier alpha value is -2.07. The van der Waals surface area contributed by atoms with E-state index in [2.05, 4.69) is 44.1 Å². The molecule has 0 aliphatic carbocycles. The summed E-state index contributed by atoms with van der Waals surface area (Å²) in [4.78, 5) is 14.2. The van der Waals surface area contributed by atoms with E-state index in [1.165, 1.54) is 22.2 Å². The summed E-state index contributed by atoms with van der Waals surface area (Å²) in [5.74, 6) is 0.841. The molecule has 4 nitrogen and oxygen atoms in total. The first-order valence-corrected chi connectivity index (χ1v) is 7.00. The van der Waals surface area contributed by atoms with Crippen molar-refractivity contribution >= 4 is 28.3 Å². The summed E-state index contributed by atoms with van der Waals surface area (Å²) in [6.45, 7) is 1.77. The normalized spacial score (nSPS) is 14.6. The molecule has 1 N–H and O–H groups in total. The van der Waals surface area contributed by atoms with E-state index in [1.54, 1.807) is 12.4 Å². The first kappa shape index (κ1) is 11.7. The molecule has 4 rings (SSSR count). The molecule has 100 valence electrons. The lowest BCUT2D eigenvalue weighted by atomic mass is 10.0. The highest BCUT2D eigenvalue weighted by atomic mass is 35.5. The van der Waals surface area contributed by atoms with Crippen molar-refractivity contribution in [3.8, 4) is 0 Å². The molecule has 0 fully saturated rings. The molecule has 0 bridgehead atoms. The van der Waals surface area contributed by atoms with Crippen LogP contribution in [0.2, 0.25) is 5.15 Å². The Morgan fingerprint density at radius 2 is 2.10 bits per heavy atom. The maximum absolute atomic E-state index is 5.93. The number of benzene rings is 1. The molecule has 0 atom stereocenters. The highest BCUT2D eigenvalue weighted by molar-refractivity contribution is 6.29. The van der Waals surface area contributed by atoms with E-state index in [1.807, 2.05) is 0 Å². The Morgan fingerprint density at radius 1 is 1.20 bits per heavy atom. The van der Waals surface area contributed by atoms with E-state index in [-0.39, 0.29) is 0 Å². The average Bonchev–Trinajstić information content (AvgIpc) is 2.85. The van der Waals surface area contributed by atoms with Crippen LogP contribution < -0.4 is 4.90 Å². The SMILES string of the molecule is Clc1cncc(N2CCc3[nH]c4ccccc4c3C2)n1. The zero-order valence-electron chi connectivity index (χ0n) is 10.8. The van der Waals surface area contributed by atoms with Crippen LogP contribution in [-0.4, -0.2) is 21.5 Å². The molecule has 1 aliphatic rings. The first-order chi connectivity index (χ1) is 9.81. The van der Waals surface area contributed by atoms with Crippen LogP contribution in [0.4, 0.5) is 5.82 Å². The molecule has 0 unspecified atom stereocenters. The summed E-state index contributed by atoms with van der Waals surface area (Å²) < 4.78 is 0. The summed E-state index contributed by atoms with van der Waals surface area (Å²) in [6.07, 6.45) is 4.32. The van der Waals surface area contributed by atoms with Gasteiger partial charge in [-0.3, -0.25) is 4.98 Å². The third-order valence-electron chi connectivity index (χ3n) is 3.80. The standard InChI is InChI=1S/C15H13ClN4/c16-14-7-17-8-15(19-14)20-6-5-13-11(9-20)10-3-1-2-4-12(10)18-13/h1-4,7-8,18H,5-6,9H2. The topological polar surface area (TPSA) is 44.8 Å². The molecule has 2 aromatic heterocycles. The van der Waals surface area contributed by atoms with E-state index in [9.17, 15) is 0 Å². The van der Waals surface area contributed by atoms with E-state index in [0.717, 1.165) is 25.3 Å². The van der Waals surface area contributed by atoms with Gasteiger partial charge < -0.3 is 9.88 Å². The number of para-hydroxylation sites is 1. The minimum absolute atomic E-state index is 0.437. The van der Waals surface area contributed by atoms with E-state index >= 15 is 0 Å². The highest BCUT2D eigenvalue weighted by Gasteiger charge is 2.21. The monoisotopic (exact) mass is 284 g/mol. The number of fused-ring (bicyclic) bond motifs is 3. The molecule has 1 aliphatic heterocycles. The second-order valence-corrected chi connectivity index (χ2v) is 5.39. The van der Waals surface area contributed by atoms with Gasteiger partial charge in [-0.1, -0.05) is 29.8 Å². The number of nitrogens with one attached hydrogen (secondary N) is 1. The van der Waals surface area contributed by atoms with Crippen LogP contribution in [0.15, 0.2) is 36.7 Å². The van der Waals surface area contributed by atoms with Crippen LogP contribution in [0, 0.1) is 0 Å². The van der Waals surface area contributed by atoms with Crippen molar-refractivity contribution in [1.29, 1.82) is 0 Å². The molecular weight excluding hydrogens is 272 g/mol. The fraction of sp³-hybridized carbons (Fsp3) is 0.200. The summed E-state index contributed by atoms with van der Waals surface area (Å²) in [6, 6.07) is 8.42. The molecule has 20 heavy (non-hydrogen) atoms. The Balaban J connectivity index is 1.75. The van der Waals surface area contributed by atoms with Gasteiger partial charge in [0.25, 0.3) is 0 Å². The van der Waals surface area contributed by atoms with E-state index in [4.69, 9.17) is 11.6 Å². The van der Waals surface area contributed by atoms with Crippen LogP contribution in [0.25, 0.3) is 10.9 Å². The molecule has 5 heteroatoms. The van der Waals surface area contributed by atoms with Crippen LogP contribution >= 0.6 is 11.6 Å². The smallest absolute Gasteiger partial charge is 0.149 e. The first-order valence-electron chi connectivity index (χ1n) is 6.62. The Kier molecular flexibility index (Phi) is 2.63. The van der Waals surface area contributed by atoms with Crippen LogP contribution in [-0.2, 0) is 13.0 Å². The van der Waals surface area contributed by atoms with E-state index in [0.29, 0.717) is 5.15 Å². The molecular formula is C15H13ClN4. The predicted molar refractivity (Wildman–Crippen MR) is 80.1 cm³/mol. The summed E-state index contributed by atoms with van der Waals surface area (Å²) in [7, 11) is 0. The largest absolute Gasteiger partial charge is 0.358 e. The van der Waals surface area contributed by atoms with Crippen molar-refractivity contribution in [3.05, 3.63) is 53.1 Å². The molecule has 0 saturated heterocycles. The second-order valence-electron chi connectivity index (χ2n) is 5.00. The van der Waals surface area contributed by atoms with Crippen LogP contribution in [0.5, 0.6) is 0 Å². The molecule has 1 aromatic carbocycles. The minimum atomic E-state index is 0.437. The quantitative estimate of drug-likeness (QED) is 0.746. The Bertz CT molecular complexity index is 780. The van der Waals surface area contributed by atoms with Crippen LogP contribution in [0.1, 0.15) is 11.3 Å². The van der Waals surface area contributed by atoms with Gasteiger partial charge in [-0.25, -0.2) is 4.98 Å². The van der Waals surface area contributed by atoms with Crippen molar-refractivity contribution in [2.75, 3.05) is 11.4 Å². The molecule has 0 radical (unpaired) electrons. The van der Waals surface area contributed by atoms with Gasteiger partial charge in [0, 0.05) is 41.7 Å². The number of aromatic amines is 1. The summed E-state index contributed by atoms with van der Waals surface area (Å²) in [5.41, 5.74) is 3.89.